The van der Waals surface area contributed by atoms with Gasteiger partial charge in [-0.2, -0.15) is 13.2 Å². The first kappa shape index (κ1) is 22.7. The number of anilines is 1. The summed E-state index contributed by atoms with van der Waals surface area (Å²) in [5.41, 5.74) is -0.346. The Morgan fingerprint density at radius 2 is 2.07 bits per heavy atom. The van der Waals surface area contributed by atoms with Crippen LogP contribution in [0.5, 0.6) is 0 Å². The first-order valence-electron chi connectivity index (χ1n) is 9.76. The minimum Gasteiger partial charge on any atom is -0.356 e. The number of guanidine groups is 1. The zero-order chi connectivity index (χ0) is 19.9. The highest BCUT2D eigenvalue weighted by Gasteiger charge is 2.53. The van der Waals surface area contributed by atoms with Crippen molar-refractivity contribution in [3.63, 3.8) is 0 Å². The second-order valence-electron chi connectivity index (χ2n) is 8.17. The van der Waals surface area contributed by atoms with E-state index in [2.05, 4.69) is 20.6 Å². The SMILES string of the molecule is CN=C(NCC1(C2CC2)CC1)NC1CCN(c2ncc(C(F)(F)F)cc2Cl)C1.I. The van der Waals surface area contributed by atoms with Crippen LogP contribution < -0.4 is 15.5 Å². The third-order valence-electron chi connectivity index (χ3n) is 6.14. The Morgan fingerprint density at radius 1 is 1.34 bits per heavy atom. The third-order valence-corrected chi connectivity index (χ3v) is 6.42. The van der Waals surface area contributed by atoms with Crippen LogP contribution in [0.25, 0.3) is 0 Å². The summed E-state index contributed by atoms with van der Waals surface area (Å²) in [5, 5.41) is 6.92. The molecule has 2 heterocycles. The molecule has 0 spiro atoms. The van der Waals surface area contributed by atoms with E-state index in [9.17, 15) is 13.2 Å². The Bertz CT molecular complexity index is 765. The molecule has 0 bridgehead atoms. The van der Waals surface area contributed by atoms with E-state index >= 15 is 0 Å². The number of nitrogens with one attached hydrogen (secondary N) is 2. The third kappa shape index (κ3) is 5.21. The topological polar surface area (TPSA) is 52.6 Å². The summed E-state index contributed by atoms with van der Waals surface area (Å²) in [6, 6.07) is 1.08. The van der Waals surface area contributed by atoms with Gasteiger partial charge < -0.3 is 15.5 Å². The summed E-state index contributed by atoms with van der Waals surface area (Å²) in [6.45, 7) is 2.26. The van der Waals surface area contributed by atoms with Gasteiger partial charge in [-0.25, -0.2) is 4.98 Å². The fourth-order valence-electron chi connectivity index (χ4n) is 4.12. The summed E-state index contributed by atoms with van der Waals surface area (Å²) < 4.78 is 38.4. The van der Waals surface area contributed by atoms with Crippen LogP contribution in [0.3, 0.4) is 0 Å². The van der Waals surface area contributed by atoms with Crippen molar-refractivity contribution < 1.29 is 13.2 Å². The molecule has 1 atom stereocenters. The van der Waals surface area contributed by atoms with Crippen molar-refractivity contribution in [2.24, 2.45) is 16.3 Å². The van der Waals surface area contributed by atoms with Gasteiger partial charge in [-0.3, -0.25) is 4.99 Å². The molecule has 1 aromatic heterocycles. The van der Waals surface area contributed by atoms with Gasteiger partial charge in [0, 0.05) is 38.9 Å². The lowest BCUT2D eigenvalue weighted by atomic mass is 10.0. The molecule has 2 N–H and O–H groups in total. The fraction of sp³-hybridized carbons (Fsp3) is 0.684. The molecule has 1 aromatic rings. The molecule has 0 amide bonds. The van der Waals surface area contributed by atoms with Crippen LogP contribution in [0.2, 0.25) is 5.02 Å². The second kappa shape index (κ2) is 8.64. The van der Waals surface area contributed by atoms with Crippen LogP contribution in [0.4, 0.5) is 19.0 Å². The Balaban J connectivity index is 0.00000240. The van der Waals surface area contributed by atoms with E-state index in [-0.39, 0.29) is 35.0 Å². The normalized spacial score (nSPS) is 23.6. The predicted molar refractivity (Wildman–Crippen MR) is 119 cm³/mol. The largest absolute Gasteiger partial charge is 0.417 e. The molecule has 0 radical (unpaired) electrons. The monoisotopic (exact) mass is 543 g/mol. The Kier molecular flexibility index (Phi) is 6.77. The van der Waals surface area contributed by atoms with Crippen LogP contribution in [-0.4, -0.2) is 43.7 Å². The van der Waals surface area contributed by atoms with Crippen molar-refractivity contribution in [3.05, 3.63) is 22.8 Å². The van der Waals surface area contributed by atoms with Gasteiger partial charge in [0.2, 0.25) is 0 Å². The minimum absolute atomic E-state index is 0. The van der Waals surface area contributed by atoms with E-state index in [0.717, 1.165) is 37.1 Å². The zero-order valence-electron chi connectivity index (χ0n) is 16.2. The number of nitrogens with zero attached hydrogens (tertiary/aromatic N) is 3. The highest BCUT2D eigenvalue weighted by Crippen LogP contribution is 2.60. The molecule has 3 aliphatic rings. The standard InChI is InChI=1S/C19H25ClF3N5.HI/c1-24-17(26-11-18(5-6-18)12-2-3-12)27-14-4-7-28(10-14)16-15(20)8-13(9-25-16)19(21,22)23;/h8-9,12,14H,2-7,10-11H2,1H3,(H2,24,26,27);1H. The Hall–Kier alpha value is -0.970. The molecule has 3 fully saturated rings. The Morgan fingerprint density at radius 3 is 2.62 bits per heavy atom. The van der Waals surface area contributed by atoms with E-state index in [1.807, 2.05) is 4.90 Å². The van der Waals surface area contributed by atoms with Crippen LogP contribution in [0.1, 0.15) is 37.7 Å². The van der Waals surface area contributed by atoms with Crippen LogP contribution >= 0.6 is 35.6 Å². The number of aliphatic imine (C=N–C) groups is 1. The zero-order valence-corrected chi connectivity index (χ0v) is 19.3. The van der Waals surface area contributed by atoms with Crippen LogP contribution in [0, 0.1) is 11.3 Å². The average molecular weight is 544 g/mol. The van der Waals surface area contributed by atoms with Gasteiger partial charge in [0.05, 0.1) is 10.6 Å². The van der Waals surface area contributed by atoms with Crippen molar-refractivity contribution in [1.82, 2.24) is 15.6 Å². The van der Waals surface area contributed by atoms with Gasteiger partial charge in [0.25, 0.3) is 0 Å². The lowest BCUT2D eigenvalue weighted by Gasteiger charge is -2.22. The van der Waals surface area contributed by atoms with Crippen molar-refractivity contribution in [2.45, 2.75) is 44.3 Å². The van der Waals surface area contributed by atoms with Gasteiger partial charge in [0.1, 0.15) is 5.82 Å². The maximum absolute atomic E-state index is 12.8. The molecule has 29 heavy (non-hydrogen) atoms. The summed E-state index contributed by atoms with van der Waals surface area (Å²) in [4.78, 5) is 10.2. The van der Waals surface area contributed by atoms with E-state index in [1.165, 1.54) is 25.7 Å². The number of aromatic nitrogens is 1. The number of hydrogen-bond acceptors (Lipinski definition) is 3. The summed E-state index contributed by atoms with van der Waals surface area (Å²) in [7, 11) is 1.76. The maximum atomic E-state index is 12.8. The van der Waals surface area contributed by atoms with Gasteiger partial charge in [-0.05, 0) is 49.5 Å². The highest BCUT2D eigenvalue weighted by molar-refractivity contribution is 14.0. The summed E-state index contributed by atoms with van der Waals surface area (Å²) >= 11 is 6.08. The molecule has 2 saturated carbocycles. The van der Waals surface area contributed by atoms with E-state index in [1.54, 1.807) is 7.05 Å². The van der Waals surface area contributed by atoms with E-state index in [4.69, 9.17) is 11.6 Å². The summed E-state index contributed by atoms with van der Waals surface area (Å²) in [5.74, 6) is 2.06. The number of rotatable bonds is 5. The molecule has 10 heteroatoms. The lowest BCUT2D eigenvalue weighted by molar-refractivity contribution is -0.137. The number of alkyl halides is 3. The average Bonchev–Trinajstić information content (AvgIpc) is 3.56. The maximum Gasteiger partial charge on any atom is 0.417 e. The molecule has 1 aliphatic heterocycles. The van der Waals surface area contributed by atoms with Gasteiger partial charge in [-0.15, -0.1) is 24.0 Å². The van der Waals surface area contributed by atoms with Crippen molar-refractivity contribution in [2.75, 3.05) is 31.6 Å². The van der Waals surface area contributed by atoms with Crippen molar-refractivity contribution >= 4 is 47.4 Å². The quantitative estimate of drug-likeness (QED) is 0.330. The molecule has 1 unspecified atom stereocenters. The molecule has 162 valence electrons. The van der Waals surface area contributed by atoms with Crippen molar-refractivity contribution in [1.29, 1.82) is 0 Å². The summed E-state index contributed by atoms with van der Waals surface area (Å²) in [6.07, 6.45) is 2.55. The fourth-order valence-corrected chi connectivity index (χ4v) is 4.41. The first-order valence-corrected chi connectivity index (χ1v) is 10.1. The van der Waals surface area contributed by atoms with E-state index in [0.29, 0.717) is 24.3 Å². The number of hydrogen-bond donors (Lipinski definition) is 2. The molecule has 0 aromatic carbocycles. The van der Waals surface area contributed by atoms with Crippen LogP contribution in [0.15, 0.2) is 17.3 Å². The molecule has 4 rings (SSSR count). The highest BCUT2D eigenvalue weighted by atomic mass is 127. The van der Waals surface area contributed by atoms with Crippen LogP contribution in [-0.2, 0) is 6.18 Å². The first-order chi connectivity index (χ1) is 13.3. The Labute approximate surface area is 190 Å². The van der Waals surface area contributed by atoms with Gasteiger partial charge >= 0.3 is 6.18 Å². The molecular weight excluding hydrogens is 518 g/mol. The second-order valence-corrected chi connectivity index (χ2v) is 8.57. The van der Waals surface area contributed by atoms with Crippen molar-refractivity contribution in [3.8, 4) is 0 Å². The lowest BCUT2D eigenvalue weighted by Crippen LogP contribution is -2.46. The number of pyridine rings is 1. The predicted octanol–water partition coefficient (Wildman–Crippen LogP) is 4.31. The molecule has 1 saturated heterocycles. The van der Waals surface area contributed by atoms with Gasteiger partial charge in [0.15, 0.2) is 5.96 Å². The number of halogens is 5. The molecular formula is C19H26ClF3IN5. The van der Waals surface area contributed by atoms with E-state index < -0.39 is 11.7 Å². The molecule has 5 nitrogen and oxygen atoms in total. The minimum atomic E-state index is -4.44. The molecule has 2 aliphatic carbocycles. The smallest absolute Gasteiger partial charge is 0.356 e. The van der Waals surface area contributed by atoms with Gasteiger partial charge in [-0.1, -0.05) is 11.6 Å².